The predicted octanol–water partition coefficient (Wildman–Crippen LogP) is 2.02. The van der Waals surface area contributed by atoms with Gasteiger partial charge >= 0.3 is 15.7 Å². The van der Waals surface area contributed by atoms with Gasteiger partial charge in [-0.25, -0.2) is 4.68 Å². The number of hydrogen-bond donors (Lipinski definition) is 0. The first kappa shape index (κ1) is 18.8. The number of nitrogens with zero attached hydrogens (tertiary/aromatic N) is 2. The molecule has 26 heavy (non-hydrogen) atoms. The molecule has 1 aliphatic carbocycles. The van der Waals surface area contributed by atoms with Crippen molar-refractivity contribution in [2.75, 3.05) is 12.0 Å². The van der Waals surface area contributed by atoms with Crippen molar-refractivity contribution in [3.63, 3.8) is 0 Å². The molecule has 0 amide bonds. The maximum atomic E-state index is 12.7. The first-order chi connectivity index (χ1) is 12.2. The molecule has 1 aliphatic rings. The van der Waals surface area contributed by atoms with E-state index in [2.05, 4.69) is 5.10 Å². The van der Waals surface area contributed by atoms with Gasteiger partial charge in [-0.15, -0.1) is 0 Å². The van der Waals surface area contributed by atoms with Gasteiger partial charge in [0.15, 0.2) is 0 Å². The van der Waals surface area contributed by atoms with Crippen molar-refractivity contribution in [3.05, 3.63) is 40.2 Å². The van der Waals surface area contributed by atoms with Crippen LogP contribution in [0.1, 0.15) is 31.4 Å². The van der Waals surface area contributed by atoms with E-state index in [1.165, 1.54) is 11.6 Å². The van der Waals surface area contributed by atoms with Crippen LogP contribution in [0.15, 0.2) is 34.0 Å². The van der Waals surface area contributed by atoms with Gasteiger partial charge < -0.3 is 4.18 Å². The predicted molar refractivity (Wildman–Crippen MR) is 99.4 cm³/mol. The molecule has 1 heterocycles. The standard InChI is InChI=1S/C17H20N2O5S2/c1-4-26(22,23)24-16-11(2)15(18-19(17(16)20)13-7-8-13)12-5-9-14(10-6-12)25(3)21/h5-6,9-10,13H,4,7-8H2,1-3H3. The highest BCUT2D eigenvalue weighted by atomic mass is 32.2. The lowest BCUT2D eigenvalue weighted by Crippen LogP contribution is -2.28. The minimum atomic E-state index is -3.84. The van der Waals surface area contributed by atoms with Crippen LogP contribution in [0.3, 0.4) is 0 Å². The molecule has 1 unspecified atom stereocenters. The van der Waals surface area contributed by atoms with Crippen LogP contribution in [-0.4, -0.2) is 34.4 Å². The topological polar surface area (TPSA) is 95.3 Å². The van der Waals surface area contributed by atoms with Crippen LogP contribution in [0.2, 0.25) is 0 Å². The molecule has 0 N–H and O–H groups in total. The maximum absolute atomic E-state index is 12.7. The summed E-state index contributed by atoms with van der Waals surface area (Å²) < 4.78 is 41.8. The van der Waals surface area contributed by atoms with Crippen molar-refractivity contribution in [1.29, 1.82) is 0 Å². The fourth-order valence-electron chi connectivity index (χ4n) is 2.53. The lowest BCUT2D eigenvalue weighted by atomic mass is 10.1. The van der Waals surface area contributed by atoms with E-state index < -0.39 is 26.5 Å². The highest BCUT2D eigenvalue weighted by molar-refractivity contribution is 7.87. The molecule has 3 rings (SSSR count). The summed E-state index contributed by atoms with van der Waals surface area (Å²) in [6.07, 6.45) is 3.24. The van der Waals surface area contributed by atoms with Gasteiger partial charge in [0.25, 0.3) is 0 Å². The quantitative estimate of drug-likeness (QED) is 0.693. The number of hydrogen-bond acceptors (Lipinski definition) is 6. The van der Waals surface area contributed by atoms with E-state index in [1.54, 1.807) is 37.4 Å². The monoisotopic (exact) mass is 396 g/mol. The van der Waals surface area contributed by atoms with Crippen molar-refractivity contribution >= 4 is 20.9 Å². The number of rotatable bonds is 6. The van der Waals surface area contributed by atoms with Gasteiger partial charge in [-0.1, -0.05) is 12.1 Å². The molecule has 140 valence electrons. The summed E-state index contributed by atoms with van der Waals surface area (Å²) >= 11 is 0. The van der Waals surface area contributed by atoms with Gasteiger partial charge in [0, 0.05) is 33.1 Å². The SMILES string of the molecule is CCS(=O)(=O)Oc1c(C)c(-c2ccc(S(C)=O)cc2)nn(C2CC2)c1=O. The Morgan fingerprint density at radius 3 is 2.38 bits per heavy atom. The van der Waals surface area contributed by atoms with Crippen LogP contribution >= 0.6 is 0 Å². The molecule has 0 aliphatic heterocycles. The van der Waals surface area contributed by atoms with Crippen molar-refractivity contribution in [2.24, 2.45) is 0 Å². The van der Waals surface area contributed by atoms with Crippen molar-refractivity contribution < 1.29 is 16.8 Å². The summed E-state index contributed by atoms with van der Waals surface area (Å²) in [5.74, 6) is -0.434. The number of benzene rings is 1. The summed E-state index contributed by atoms with van der Waals surface area (Å²) in [5.41, 5.74) is 1.02. The van der Waals surface area contributed by atoms with Gasteiger partial charge in [0.1, 0.15) is 0 Å². The molecule has 0 spiro atoms. The Labute approximate surface area is 154 Å². The van der Waals surface area contributed by atoms with E-state index in [-0.39, 0.29) is 17.5 Å². The molecule has 7 nitrogen and oxygen atoms in total. The summed E-state index contributed by atoms with van der Waals surface area (Å²) in [5, 5.41) is 4.45. The Kier molecular flexibility index (Phi) is 5.03. The Hall–Kier alpha value is -2.00. The van der Waals surface area contributed by atoms with E-state index in [9.17, 15) is 17.4 Å². The second-order valence-electron chi connectivity index (χ2n) is 6.19. The van der Waals surface area contributed by atoms with Crippen LogP contribution in [0.4, 0.5) is 0 Å². The first-order valence-electron chi connectivity index (χ1n) is 8.23. The Morgan fingerprint density at radius 2 is 1.88 bits per heavy atom. The fourth-order valence-corrected chi connectivity index (χ4v) is 3.62. The summed E-state index contributed by atoms with van der Waals surface area (Å²) in [7, 11) is -4.94. The van der Waals surface area contributed by atoms with Gasteiger partial charge in [0.2, 0.25) is 5.75 Å². The van der Waals surface area contributed by atoms with Crippen molar-refractivity contribution in [2.45, 2.75) is 37.6 Å². The summed E-state index contributed by atoms with van der Waals surface area (Å²) in [4.78, 5) is 13.3. The van der Waals surface area contributed by atoms with Gasteiger partial charge in [-0.05, 0) is 38.8 Å². The molecular formula is C17H20N2O5S2. The normalized spacial score (nSPS) is 15.7. The third kappa shape index (κ3) is 3.73. The van der Waals surface area contributed by atoms with Crippen molar-refractivity contribution in [3.8, 4) is 17.0 Å². The van der Waals surface area contributed by atoms with E-state index in [4.69, 9.17) is 4.18 Å². The molecule has 1 aromatic carbocycles. The molecule has 1 saturated carbocycles. The van der Waals surface area contributed by atoms with Crippen LogP contribution in [0, 0.1) is 6.92 Å². The molecule has 0 saturated heterocycles. The molecule has 0 bridgehead atoms. The molecule has 1 fully saturated rings. The molecule has 0 radical (unpaired) electrons. The average molecular weight is 396 g/mol. The molecule has 1 atom stereocenters. The molecule has 9 heteroatoms. The second kappa shape index (κ2) is 6.96. The third-order valence-corrected chi connectivity index (χ3v) is 6.29. The lowest BCUT2D eigenvalue weighted by Gasteiger charge is -2.14. The minimum absolute atomic E-state index is 0.0315. The van der Waals surface area contributed by atoms with Gasteiger partial charge in [-0.2, -0.15) is 13.5 Å². The molecular weight excluding hydrogens is 376 g/mol. The Bertz CT molecular complexity index is 1020. The van der Waals surface area contributed by atoms with Crippen LogP contribution in [0.25, 0.3) is 11.3 Å². The van der Waals surface area contributed by atoms with E-state index in [0.717, 1.165) is 12.8 Å². The fraction of sp³-hybridized carbons (Fsp3) is 0.412. The van der Waals surface area contributed by atoms with Gasteiger partial charge in [-0.3, -0.25) is 9.00 Å². The zero-order valence-electron chi connectivity index (χ0n) is 14.8. The Balaban J connectivity index is 2.17. The first-order valence-corrected chi connectivity index (χ1v) is 11.4. The Morgan fingerprint density at radius 1 is 1.27 bits per heavy atom. The highest BCUT2D eigenvalue weighted by Gasteiger charge is 2.30. The third-order valence-electron chi connectivity index (χ3n) is 4.22. The van der Waals surface area contributed by atoms with E-state index in [0.29, 0.717) is 21.7 Å². The zero-order chi connectivity index (χ0) is 19.1. The lowest BCUT2D eigenvalue weighted by molar-refractivity contribution is 0.469. The van der Waals surface area contributed by atoms with E-state index in [1.807, 2.05) is 0 Å². The largest absolute Gasteiger partial charge is 0.376 e. The average Bonchev–Trinajstić information content (AvgIpc) is 3.44. The molecule has 1 aromatic heterocycles. The van der Waals surface area contributed by atoms with Crippen molar-refractivity contribution in [1.82, 2.24) is 9.78 Å². The summed E-state index contributed by atoms with van der Waals surface area (Å²) in [6, 6.07) is 6.93. The van der Waals surface area contributed by atoms with Crippen LogP contribution in [0.5, 0.6) is 5.75 Å². The molecule has 2 aromatic rings. The van der Waals surface area contributed by atoms with E-state index >= 15 is 0 Å². The minimum Gasteiger partial charge on any atom is -0.376 e. The highest BCUT2D eigenvalue weighted by Crippen LogP contribution is 2.35. The van der Waals surface area contributed by atoms with Gasteiger partial charge in [0.05, 0.1) is 17.5 Å². The zero-order valence-corrected chi connectivity index (χ0v) is 16.4. The van der Waals surface area contributed by atoms with Crippen LogP contribution in [-0.2, 0) is 20.9 Å². The smallest absolute Gasteiger partial charge is 0.311 e. The maximum Gasteiger partial charge on any atom is 0.311 e. The summed E-state index contributed by atoms with van der Waals surface area (Å²) in [6.45, 7) is 3.07. The number of aromatic nitrogens is 2. The second-order valence-corrected chi connectivity index (χ2v) is 9.43. The van der Waals surface area contributed by atoms with Crippen LogP contribution < -0.4 is 9.74 Å².